The molecule has 1 fully saturated rings. The summed E-state index contributed by atoms with van der Waals surface area (Å²) in [6.07, 6.45) is 4.31. The molecule has 2 amide bonds. The first kappa shape index (κ1) is 21.0. The standard InChI is InChI=1S/C25H28N2O4/c1-2-26-24(29)31-20-11-14-25(15-12-20,19-8-4-3-5-9-19)17-27-23(28)21-10-6-7-18-13-16-30-22(18)21/h3-10,13,16,20H,2,11-12,14-15,17H2,1H3,(H,26,29)(H,27,28)/t20-,25+. The molecule has 0 bridgehead atoms. The van der Waals surface area contributed by atoms with Crippen LogP contribution in [-0.4, -0.2) is 31.2 Å². The Balaban J connectivity index is 1.48. The van der Waals surface area contributed by atoms with E-state index in [0.717, 1.165) is 31.1 Å². The van der Waals surface area contributed by atoms with Crippen molar-refractivity contribution >= 4 is 23.0 Å². The van der Waals surface area contributed by atoms with E-state index < -0.39 is 0 Å². The molecule has 1 heterocycles. The van der Waals surface area contributed by atoms with E-state index in [-0.39, 0.29) is 23.5 Å². The quantitative estimate of drug-likeness (QED) is 0.601. The highest BCUT2D eigenvalue weighted by atomic mass is 16.6. The second-order valence-electron chi connectivity index (χ2n) is 8.11. The zero-order valence-corrected chi connectivity index (χ0v) is 17.7. The maximum absolute atomic E-state index is 13.0. The van der Waals surface area contributed by atoms with Crippen LogP contribution in [0.25, 0.3) is 11.0 Å². The highest BCUT2D eigenvalue weighted by molar-refractivity contribution is 6.04. The van der Waals surface area contributed by atoms with Gasteiger partial charge in [-0.2, -0.15) is 0 Å². The fourth-order valence-corrected chi connectivity index (χ4v) is 4.47. The van der Waals surface area contributed by atoms with Crippen LogP contribution in [0.2, 0.25) is 0 Å². The van der Waals surface area contributed by atoms with E-state index in [1.165, 1.54) is 5.56 Å². The Bertz CT molecular complexity index is 1040. The van der Waals surface area contributed by atoms with E-state index in [4.69, 9.17) is 9.15 Å². The van der Waals surface area contributed by atoms with Gasteiger partial charge >= 0.3 is 6.09 Å². The van der Waals surface area contributed by atoms with Gasteiger partial charge in [0.1, 0.15) is 11.7 Å². The first-order valence-corrected chi connectivity index (χ1v) is 10.9. The van der Waals surface area contributed by atoms with E-state index in [9.17, 15) is 9.59 Å². The molecule has 1 saturated carbocycles. The molecule has 1 aliphatic carbocycles. The third-order valence-electron chi connectivity index (χ3n) is 6.18. The first-order chi connectivity index (χ1) is 15.1. The topological polar surface area (TPSA) is 80.6 Å². The van der Waals surface area contributed by atoms with E-state index in [0.29, 0.717) is 24.2 Å². The van der Waals surface area contributed by atoms with Gasteiger partial charge in [0, 0.05) is 23.9 Å². The Morgan fingerprint density at radius 3 is 2.55 bits per heavy atom. The maximum Gasteiger partial charge on any atom is 0.407 e. The largest absolute Gasteiger partial charge is 0.464 e. The number of amides is 2. The Labute approximate surface area is 182 Å². The molecule has 2 N–H and O–H groups in total. The van der Waals surface area contributed by atoms with Crippen LogP contribution in [-0.2, 0) is 10.2 Å². The van der Waals surface area contributed by atoms with Crippen LogP contribution in [0.3, 0.4) is 0 Å². The van der Waals surface area contributed by atoms with Crippen molar-refractivity contribution in [2.24, 2.45) is 0 Å². The van der Waals surface area contributed by atoms with Crippen molar-refractivity contribution in [3.05, 3.63) is 72.0 Å². The number of fused-ring (bicyclic) bond motifs is 1. The summed E-state index contributed by atoms with van der Waals surface area (Å²) < 4.78 is 11.1. The summed E-state index contributed by atoms with van der Waals surface area (Å²) in [5.74, 6) is -0.142. The molecule has 0 saturated heterocycles. The number of benzene rings is 2. The molecule has 6 heteroatoms. The third-order valence-corrected chi connectivity index (χ3v) is 6.18. The average Bonchev–Trinajstić information content (AvgIpc) is 3.28. The number of furan rings is 1. The van der Waals surface area contributed by atoms with E-state index in [1.807, 2.05) is 43.3 Å². The van der Waals surface area contributed by atoms with Crippen molar-refractivity contribution in [3.8, 4) is 0 Å². The van der Waals surface area contributed by atoms with Crippen LogP contribution in [0.1, 0.15) is 48.5 Å². The molecule has 0 aliphatic heterocycles. The predicted octanol–water partition coefficient (Wildman–Crippen LogP) is 4.79. The third kappa shape index (κ3) is 4.58. The monoisotopic (exact) mass is 420 g/mol. The summed E-state index contributed by atoms with van der Waals surface area (Å²) in [4.78, 5) is 24.8. The molecule has 31 heavy (non-hydrogen) atoms. The Hall–Kier alpha value is -3.28. The van der Waals surface area contributed by atoms with Crippen LogP contribution in [0.15, 0.2) is 65.3 Å². The molecular weight excluding hydrogens is 392 g/mol. The molecule has 0 unspecified atom stereocenters. The van der Waals surface area contributed by atoms with Crippen LogP contribution in [0.4, 0.5) is 4.79 Å². The average molecular weight is 421 g/mol. The number of para-hydroxylation sites is 1. The minimum absolute atomic E-state index is 0.101. The number of hydrogen-bond donors (Lipinski definition) is 2. The van der Waals surface area contributed by atoms with Gasteiger partial charge in [-0.05, 0) is 50.3 Å². The molecular formula is C25H28N2O4. The lowest BCUT2D eigenvalue weighted by Crippen LogP contribution is -2.45. The highest BCUT2D eigenvalue weighted by Gasteiger charge is 2.38. The van der Waals surface area contributed by atoms with Crippen molar-refractivity contribution in [1.82, 2.24) is 10.6 Å². The first-order valence-electron chi connectivity index (χ1n) is 10.9. The van der Waals surface area contributed by atoms with Gasteiger partial charge < -0.3 is 19.8 Å². The van der Waals surface area contributed by atoms with Crippen molar-refractivity contribution < 1.29 is 18.7 Å². The normalized spacial score (nSPS) is 20.9. The minimum atomic E-state index is -0.362. The van der Waals surface area contributed by atoms with Gasteiger partial charge in [0.2, 0.25) is 0 Å². The molecule has 0 atom stereocenters. The minimum Gasteiger partial charge on any atom is -0.464 e. The summed E-state index contributed by atoms with van der Waals surface area (Å²) in [6.45, 7) is 2.93. The number of rotatable bonds is 6. The summed E-state index contributed by atoms with van der Waals surface area (Å²) in [6, 6.07) is 17.7. The van der Waals surface area contributed by atoms with Gasteiger partial charge in [-0.1, -0.05) is 42.5 Å². The number of nitrogens with one attached hydrogen (secondary N) is 2. The number of ether oxygens (including phenoxy) is 1. The molecule has 1 aliphatic rings. The predicted molar refractivity (Wildman–Crippen MR) is 119 cm³/mol. The van der Waals surface area contributed by atoms with Crippen LogP contribution in [0.5, 0.6) is 0 Å². The summed E-state index contributed by atoms with van der Waals surface area (Å²) in [5.41, 5.74) is 2.14. The fraction of sp³-hybridized carbons (Fsp3) is 0.360. The van der Waals surface area contributed by atoms with Crippen molar-refractivity contribution in [2.45, 2.75) is 44.1 Å². The summed E-state index contributed by atoms with van der Waals surface area (Å²) in [5, 5.41) is 6.75. The van der Waals surface area contributed by atoms with Crippen LogP contribution < -0.4 is 10.6 Å². The molecule has 3 aromatic rings. The van der Waals surface area contributed by atoms with Gasteiger partial charge in [-0.25, -0.2) is 4.79 Å². The Morgan fingerprint density at radius 2 is 1.81 bits per heavy atom. The van der Waals surface area contributed by atoms with Crippen molar-refractivity contribution in [2.75, 3.05) is 13.1 Å². The number of carbonyl (C=O) groups excluding carboxylic acids is 2. The van der Waals surface area contributed by atoms with Gasteiger partial charge in [0.25, 0.3) is 5.91 Å². The Kier molecular flexibility index (Phi) is 6.26. The molecule has 2 aromatic carbocycles. The molecule has 162 valence electrons. The molecule has 1 aromatic heterocycles. The SMILES string of the molecule is CCNC(=O)O[C@H]1CC[C@@](CNC(=O)c2cccc3ccoc23)(c2ccccc2)CC1. The molecule has 0 radical (unpaired) electrons. The second kappa shape index (κ2) is 9.25. The lowest BCUT2D eigenvalue weighted by atomic mass is 9.68. The van der Waals surface area contributed by atoms with Crippen LogP contribution >= 0.6 is 0 Å². The van der Waals surface area contributed by atoms with Gasteiger partial charge in [-0.3, -0.25) is 4.79 Å². The van der Waals surface area contributed by atoms with Gasteiger partial charge in [-0.15, -0.1) is 0 Å². The number of carbonyl (C=O) groups is 2. The van der Waals surface area contributed by atoms with E-state index in [1.54, 1.807) is 12.3 Å². The summed E-state index contributed by atoms with van der Waals surface area (Å²) in [7, 11) is 0. The highest BCUT2D eigenvalue weighted by Crippen LogP contribution is 2.40. The zero-order chi connectivity index (χ0) is 21.7. The Morgan fingerprint density at radius 1 is 1.03 bits per heavy atom. The maximum atomic E-state index is 13.0. The number of hydrogen-bond acceptors (Lipinski definition) is 4. The van der Waals surface area contributed by atoms with Crippen molar-refractivity contribution in [3.63, 3.8) is 0 Å². The smallest absolute Gasteiger partial charge is 0.407 e. The molecule has 0 spiro atoms. The lowest BCUT2D eigenvalue weighted by Gasteiger charge is -2.40. The van der Waals surface area contributed by atoms with Crippen molar-refractivity contribution in [1.29, 1.82) is 0 Å². The second-order valence-corrected chi connectivity index (χ2v) is 8.11. The fourth-order valence-electron chi connectivity index (χ4n) is 4.47. The number of alkyl carbamates (subject to hydrolysis) is 1. The van der Waals surface area contributed by atoms with Crippen LogP contribution in [0, 0.1) is 0 Å². The molecule has 4 rings (SSSR count). The lowest BCUT2D eigenvalue weighted by molar-refractivity contribution is 0.0568. The van der Waals surface area contributed by atoms with Gasteiger partial charge in [0.15, 0.2) is 0 Å². The van der Waals surface area contributed by atoms with Gasteiger partial charge in [0.05, 0.1) is 11.8 Å². The van der Waals surface area contributed by atoms with E-state index >= 15 is 0 Å². The zero-order valence-electron chi connectivity index (χ0n) is 17.7. The molecule has 6 nitrogen and oxygen atoms in total. The summed E-state index contributed by atoms with van der Waals surface area (Å²) >= 11 is 0. The van der Waals surface area contributed by atoms with E-state index in [2.05, 4.69) is 22.8 Å².